The second kappa shape index (κ2) is 2.73. The third kappa shape index (κ3) is 1.04. The Morgan fingerprint density at radius 1 is 1.21 bits per heavy atom. The predicted octanol–water partition coefficient (Wildman–Crippen LogP) is 1.52. The van der Waals surface area contributed by atoms with Crippen molar-refractivity contribution in [3.05, 3.63) is 0 Å². The third-order valence-corrected chi connectivity index (χ3v) is 5.24. The summed E-state index contributed by atoms with van der Waals surface area (Å²) in [5.74, 6) is 2.03. The Balaban J connectivity index is 1.92. The summed E-state index contributed by atoms with van der Waals surface area (Å²) in [6, 6.07) is 0.322. The summed E-state index contributed by atoms with van der Waals surface area (Å²) in [5, 5.41) is 10.1. The summed E-state index contributed by atoms with van der Waals surface area (Å²) in [6.07, 6.45) is 6.26. The fraction of sp³-hybridized carbons (Fsp3) is 1.00. The zero-order valence-electron chi connectivity index (χ0n) is 8.95. The number of hydrogen-bond donors (Lipinski definition) is 2. The van der Waals surface area contributed by atoms with Gasteiger partial charge in [-0.1, -0.05) is 0 Å². The highest BCUT2D eigenvalue weighted by molar-refractivity contribution is 5.07. The van der Waals surface area contributed by atoms with Crippen molar-refractivity contribution in [1.82, 2.24) is 0 Å². The molecule has 0 amide bonds. The van der Waals surface area contributed by atoms with Crippen molar-refractivity contribution in [2.75, 3.05) is 0 Å². The van der Waals surface area contributed by atoms with Crippen LogP contribution >= 0.6 is 0 Å². The highest BCUT2D eigenvalue weighted by Crippen LogP contribution is 2.60. The number of nitrogens with two attached hydrogens (primary N) is 1. The fourth-order valence-electron chi connectivity index (χ4n) is 4.62. The summed E-state index contributed by atoms with van der Waals surface area (Å²) >= 11 is 0. The lowest BCUT2D eigenvalue weighted by Crippen LogP contribution is -2.58. The Hall–Kier alpha value is -0.0800. The first kappa shape index (κ1) is 9.17. The van der Waals surface area contributed by atoms with Gasteiger partial charge in [-0.15, -0.1) is 0 Å². The molecule has 4 fully saturated rings. The summed E-state index contributed by atoms with van der Waals surface area (Å²) < 4.78 is 0. The van der Waals surface area contributed by atoms with Crippen LogP contribution in [-0.4, -0.2) is 17.3 Å². The maximum absolute atomic E-state index is 10.1. The lowest BCUT2D eigenvalue weighted by atomic mass is 9.47. The van der Waals surface area contributed by atoms with Gasteiger partial charge >= 0.3 is 0 Å². The molecule has 2 heteroatoms. The van der Waals surface area contributed by atoms with E-state index in [4.69, 9.17) is 5.73 Å². The van der Waals surface area contributed by atoms with Crippen molar-refractivity contribution in [3.8, 4) is 0 Å². The van der Waals surface area contributed by atoms with Crippen LogP contribution in [0.3, 0.4) is 0 Å². The van der Waals surface area contributed by atoms with Crippen molar-refractivity contribution in [3.63, 3.8) is 0 Å². The van der Waals surface area contributed by atoms with E-state index in [2.05, 4.69) is 6.92 Å². The molecule has 0 spiro atoms. The van der Waals surface area contributed by atoms with Gasteiger partial charge in [0.25, 0.3) is 0 Å². The first-order chi connectivity index (χ1) is 6.61. The summed E-state index contributed by atoms with van der Waals surface area (Å²) in [6.45, 7) is 2.17. The van der Waals surface area contributed by atoms with Crippen LogP contribution in [0.15, 0.2) is 0 Å². The fourth-order valence-corrected chi connectivity index (χ4v) is 4.62. The third-order valence-electron chi connectivity index (χ3n) is 5.24. The van der Waals surface area contributed by atoms with E-state index in [0.717, 1.165) is 5.92 Å². The molecule has 3 unspecified atom stereocenters. The van der Waals surface area contributed by atoms with Gasteiger partial charge in [0.05, 0.1) is 6.10 Å². The van der Waals surface area contributed by atoms with E-state index in [1.54, 1.807) is 0 Å². The highest BCUT2D eigenvalue weighted by Gasteiger charge is 2.56. The number of rotatable bonds is 1. The molecule has 0 heterocycles. The molecule has 0 aromatic rings. The molecule has 0 aromatic carbocycles. The maximum Gasteiger partial charge on any atom is 0.0597 e. The van der Waals surface area contributed by atoms with E-state index in [9.17, 15) is 5.11 Å². The second-order valence-electron chi connectivity index (χ2n) is 6.11. The molecule has 0 aromatic heterocycles. The van der Waals surface area contributed by atoms with Crippen LogP contribution < -0.4 is 5.73 Å². The van der Waals surface area contributed by atoms with Gasteiger partial charge in [-0.05, 0) is 62.2 Å². The normalized spacial score (nSPS) is 57.6. The topological polar surface area (TPSA) is 46.2 Å². The van der Waals surface area contributed by atoms with Gasteiger partial charge in [0.2, 0.25) is 0 Å². The molecule has 4 saturated carbocycles. The number of hydrogen-bond acceptors (Lipinski definition) is 2. The minimum atomic E-state index is -0.00146. The van der Waals surface area contributed by atoms with Gasteiger partial charge in [-0.3, -0.25) is 0 Å². The molecular formula is C12H21NO. The molecule has 4 aliphatic rings. The molecule has 0 radical (unpaired) electrons. The summed E-state index contributed by atoms with van der Waals surface area (Å²) in [7, 11) is 0. The van der Waals surface area contributed by atoms with Crippen LogP contribution in [0.2, 0.25) is 0 Å². The molecule has 80 valence electrons. The number of aliphatic hydroxyl groups is 1. The van der Waals surface area contributed by atoms with Crippen LogP contribution in [0, 0.1) is 23.2 Å². The Morgan fingerprint density at radius 3 is 2.29 bits per heavy atom. The van der Waals surface area contributed by atoms with E-state index >= 15 is 0 Å². The lowest BCUT2D eigenvalue weighted by Gasteiger charge is -2.60. The van der Waals surface area contributed by atoms with Crippen LogP contribution in [-0.2, 0) is 0 Å². The lowest BCUT2D eigenvalue weighted by molar-refractivity contribution is -0.140. The predicted molar refractivity (Wildman–Crippen MR) is 55.6 cm³/mol. The quantitative estimate of drug-likeness (QED) is 0.666. The molecule has 0 saturated heterocycles. The van der Waals surface area contributed by atoms with Crippen LogP contribution in [0.5, 0.6) is 0 Å². The zero-order chi connectivity index (χ0) is 9.92. The van der Waals surface area contributed by atoms with Crippen molar-refractivity contribution < 1.29 is 5.11 Å². The minimum absolute atomic E-state index is 0.00146. The molecule has 4 bridgehead atoms. The Morgan fingerprint density at radius 2 is 1.79 bits per heavy atom. The molecule has 14 heavy (non-hydrogen) atoms. The molecule has 2 nitrogen and oxygen atoms in total. The van der Waals surface area contributed by atoms with Gasteiger partial charge in [0, 0.05) is 6.04 Å². The summed E-state index contributed by atoms with van der Waals surface area (Å²) in [5.41, 5.74) is 6.55. The van der Waals surface area contributed by atoms with Gasteiger partial charge in [-0.25, -0.2) is 0 Å². The molecule has 0 aliphatic heterocycles. The van der Waals surface area contributed by atoms with Gasteiger partial charge in [0.1, 0.15) is 0 Å². The van der Waals surface area contributed by atoms with Crippen LogP contribution in [0.25, 0.3) is 0 Å². The maximum atomic E-state index is 10.1. The van der Waals surface area contributed by atoms with Crippen LogP contribution in [0.4, 0.5) is 0 Å². The van der Waals surface area contributed by atoms with Crippen LogP contribution in [0.1, 0.15) is 39.0 Å². The van der Waals surface area contributed by atoms with Gasteiger partial charge < -0.3 is 10.8 Å². The second-order valence-corrected chi connectivity index (χ2v) is 6.11. The molecular weight excluding hydrogens is 174 g/mol. The first-order valence-corrected chi connectivity index (χ1v) is 6.04. The van der Waals surface area contributed by atoms with Crippen molar-refractivity contribution in [1.29, 1.82) is 0 Å². The molecule has 6 atom stereocenters. The summed E-state index contributed by atoms with van der Waals surface area (Å²) in [4.78, 5) is 0. The standard InChI is InChI=1S/C12H21NO/c1-7(13)12-4-8-2-9(5-12)11(14)10(3-8)6-12/h7-11,14H,2-6,13H2,1H3/t7-,8?,9-,10+,11?,12?/m0/s1. The largest absolute Gasteiger partial charge is 0.393 e. The van der Waals surface area contributed by atoms with E-state index in [0.29, 0.717) is 23.3 Å². The van der Waals surface area contributed by atoms with Gasteiger partial charge in [-0.2, -0.15) is 0 Å². The smallest absolute Gasteiger partial charge is 0.0597 e. The molecule has 3 N–H and O–H groups in total. The average molecular weight is 195 g/mol. The van der Waals surface area contributed by atoms with Crippen molar-refractivity contribution >= 4 is 0 Å². The first-order valence-electron chi connectivity index (χ1n) is 6.04. The van der Waals surface area contributed by atoms with E-state index in [1.165, 1.54) is 32.1 Å². The van der Waals surface area contributed by atoms with E-state index in [1.807, 2.05) is 0 Å². The van der Waals surface area contributed by atoms with Crippen molar-refractivity contribution in [2.45, 2.75) is 51.2 Å². The Bertz CT molecular complexity index is 235. The van der Waals surface area contributed by atoms with E-state index < -0.39 is 0 Å². The average Bonchev–Trinajstić information content (AvgIpc) is 2.12. The molecule has 4 aliphatic carbocycles. The zero-order valence-corrected chi connectivity index (χ0v) is 8.95. The highest BCUT2D eigenvalue weighted by atomic mass is 16.3. The molecule has 4 rings (SSSR count). The van der Waals surface area contributed by atoms with Gasteiger partial charge in [0.15, 0.2) is 0 Å². The van der Waals surface area contributed by atoms with Crippen molar-refractivity contribution in [2.24, 2.45) is 28.9 Å². The minimum Gasteiger partial charge on any atom is -0.393 e. The SMILES string of the molecule is C[C@H](N)C12CC3C[C@H](C1)C(O)[C@@H](C3)C2. The number of aliphatic hydroxyl groups excluding tert-OH is 1. The van der Waals surface area contributed by atoms with E-state index in [-0.39, 0.29) is 6.10 Å². The Labute approximate surface area is 85.9 Å². The monoisotopic (exact) mass is 195 g/mol. The Kier molecular flexibility index (Phi) is 1.79.